The molecule has 0 amide bonds. The summed E-state index contributed by atoms with van der Waals surface area (Å²) in [5.74, 6) is 0.816. The Morgan fingerprint density at radius 3 is 2.74 bits per heavy atom. The molecule has 3 rings (SSSR count). The van der Waals surface area contributed by atoms with Gasteiger partial charge in [-0.1, -0.05) is 6.07 Å². The molecule has 0 aliphatic carbocycles. The number of imidazole rings is 1. The summed E-state index contributed by atoms with van der Waals surface area (Å²) in [7, 11) is 1.98. The minimum atomic E-state index is 0.520. The highest BCUT2D eigenvalue weighted by atomic mass is 15.1. The fourth-order valence-electron chi connectivity index (χ4n) is 2.11. The molecular weight excluding hydrogens is 238 g/mol. The summed E-state index contributed by atoms with van der Waals surface area (Å²) in [4.78, 5) is 13.3. The van der Waals surface area contributed by atoms with Gasteiger partial charge in [-0.15, -0.1) is 0 Å². The first-order valence-electron chi connectivity index (χ1n) is 6.13. The highest BCUT2D eigenvalue weighted by Gasteiger charge is 2.11. The molecule has 2 N–H and O–H groups in total. The zero-order chi connectivity index (χ0) is 13.4. The van der Waals surface area contributed by atoms with Gasteiger partial charge in [-0.25, -0.2) is 9.97 Å². The van der Waals surface area contributed by atoms with E-state index in [4.69, 9.17) is 5.73 Å². The second-order valence-electron chi connectivity index (χ2n) is 4.56. The summed E-state index contributed by atoms with van der Waals surface area (Å²) >= 11 is 0. The Labute approximate surface area is 111 Å². The van der Waals surface area contributed by atoms with E-state index in [0.29, 0.717) is 6.54 Å². The lowest BCUT2D eigenvalue weighted by Crippen LogP contribution is -1.96. The van der Waals surface area contributed by atoms with Gasteiger partial charge in [0.05, 0.1) is 22.9 Å². The fourth-order valence-corrected chi connectivity index (χ4v) is 2.11. The smallest absolute Gasteiger partial charge is 0.161 e. The third kappa shape index (κ3) is 1.98. The van der Waals surface area contributed by atoms with Crippen molar-refractivity contribution in [3.05, 3.63) is 41.9 Å². The molecular formula is C14H15N5. The van der Waals surface area contributed by atoms with Gasteiger partial charge in [0, 0.05) is 19.8 Å². The van der Waals surface area contributed by atoms with Crippen LogP contribution in [0.15, 0.2) is 30.6 Å². The van der Waals surface area contributed by atoms with Crippen molar-refractivity contribution in [1.82, 2.24) is 19.5 Å². The lowest BCUT2D eigenvalue weighted by Gasteiger charge is -2.01. The van der Waals surface area contributed by atoms with E-state index in [9.17, 15) is 0 Å². The number of nitrogens with zero attached hydrogens (tertiary/aromatic N) is 4. The van der Waals surface area contributed by atoms with E-state index in [1.54, 1.807) is 12.4 Å². The molecule has 0 aliphatic rings. The Balaban J connectivity index is 2.19. The van der Waals surface area contributed by atoms with Crippen molar-refractivity contribution in [3.8, 4) is 11.5 Å². The molecule has 0 fully saturated rings. The van der Waals surface area contributed by atoms with E-state index in [2.05, 4.69) is 15.0 Å². The van der Waals surface area contributed by atoms with Crippen molar-refractivity contribution in [1.29, 1.82) is 0 Å². The Kier molecular flexibility index (Phi) is 2.76. The zero-order valence-electron chi connectivity index (χ0n) is 11.0. The SMILES string of the molecule is Cc1cnc(-c2nc3cc(CN)ccc3n2C)cn1. The van der Waals surface area contributed by atoms with Crippen LogP contribution in [0.4, 0.5) is 0 Å². The molecule has 2 aromatic heterocycles. The molecule has 19 heavy (non-hydrogen) atoms. The number of hydrogen-bond donors (Lipinski definition) is 1. The van der Waals surface area contributed by atoms with Crippen molar-refractivity contribution in [3.63, 3.8) is 0 Å². The average Bonchev–Trinajstić information content (AvgIpc) is 2.76. The highest BCUT2D eigenvalue weighted by molar-refractivity contribution is 5.80. The summed E-state index contributed by atoms with van der Waals surface area (Å²) < 4.78 is 2.02. The van der Waals surface area contributed by atoms with Gasteiger partial charge in [-0.3, -0.25) is 4.98 Å². The average molecular weight is 253 g/mol. The lowest BCUT2D eigenvalue weighted by atomic mass is 10.2. The molecule has 0 radical (unpaired) electrons. The number of rotatable bonds is 2. The zero-order valence-corrected chi connectivity index (χ0v) is 11.0. The predicted molar refractivity (Wildman–Crippen MR) is 74.4 cm³/mol. The molecule has 0 saturated carbocycles. The first kappa shape index (κ1) is 11.8. The molecule has 1 aromatic carbocycles. The van der Waals surface area contributed by atoms with Gasteiger partial charge in [-0.05, 0) is 24.6 Å². The Hall–Kier alpha value is -2.27. The molecule has 5 nitrogen and oxygen atoms in total. The van der Waals surface area contributed by atoms with E-state index in [0.717, 1.165) is 33.8 Å². The van der Waals surface area contributed by atoms with Crippen molar-refractivity contribution in [2.24, 2.45) is 12.8 Å². The van der Waals surface area contributed by atoms with Crippen LogP contribution in [0, 0.1) is 6.92 Å². The predicted octanol–water partition coefficient (Wildman–Crippen LogP) is 1.80. The summed E-state index contributed by atoms with van der Waals surface area (Å²) in [6, 6.07) is 6.07. The highest BCUT2D eigenvalue weighted by Crippen LogP contribution is 2.22. The Morgan fingerprint density at radius 1 is 1.21 bits per heavy atom. The normalized spacial score (nSPS) is 11.1. The number of benzene rings is 1. The van der Waals surface area contributed by atoms with Crippen LogP contribution >= 0.6 is 0 Å². The van der Waals surface area contributed by atoms with E-state index < -0.39 is 0 Å². The van der Waals surface area contributed by atoms with Gasteiger partial charge in [-0.2, -0.15) is 0 Å². The van der Waals surface area contributed by atoms with Gasteiger partial charge >= 0.3 is 0 Å². The van der Waals surface area contributed by atoms with Gasteiger partial charge in [0.15, 0.2) is 5.82 Å². The molecule has 2 heterocycles. The lowest BCUT2D eigenvalue weighted by molar-refractivity contribution is 0.943. The quantitative estimate of drug-likeness (QED) is 0.756. The van der Waals surface area contributed by atoms with E-state index in [1.165, 1.54) is 0 Å². The number of nitrogens with two attached hydrogens (primary N) is 1. The molecule has 0 saturated heterocycles. The van der Waals surface area contributed by atoms with Crippen molar-refractivity contribution < 1.29 is 0 Å². The fraction of sp³-hybridized carbons (Fsp3) is 0.214. The second kappa shape index (κ2) is 4.44. The Morgan fingerprint density at radius 2 is 2.05 bits per heavy atom. The maximum absolute atomic E-state index is 5.66. The first-order chi connectivity index (χ1) is 9.19. The summed E-state index contributed by atoms with van der Waals surface area (Å²) in [5, 5.41) is 0. The van der Waals surface area contributed by atoms with Gasteiger partial charge < -0.3 is 10.3 Å². The monoisotopic (exact) mass is 253 g/mol. The Bertz CT molecular complexity index is 727. The van der Waals surface area contributed by atoms with Gasteiger partial charge in [0.2, 0.25) is 0 Å². The van der Waals surface area contributed by atoms with Crippen molar-refractivity contribution in [2.45, 2.75) is 13.5 Å². The molecule has 0 bridgehead atoms. The minimum Gasteiger partial charge on any atom is -0.326 e. The summed E-state index contributed by atoms with van der Waals surface area (Å²) in [6.45, 7) is 2.44. The van der Waals surface area contributed by atoms with Gasteiger partial charge in [0.25, 0.3) is 0 Å². The van der Waals surface area contributed by atoms with Crippen LogP contribution in [0.2, 0.25) is 0 Å². The largest absolute Gasteiger partial charge is 0.326 e. The number of aryl methyl sites for hydroxylation is 2. The molecule has 3 aromatic rings. The van der Waals surface area contributed by atoms with E-state index in [-0.39, 0.29) is 0 Å². The van der Waals surface area contributed by atoms with Gasteiger partial charge in [0.1, 0.15) is 5.69 Å². The van der Waals surface area contributed by atoms with Crippen LogP contribution in [0.25, 0.3) is 22.6 Å². The second-order valence-corrected chi connectivity index (χ2v) is 4.56. The molecule has 0 spiro atoms. The van der Waals surface area contributed by atoms with E-state index >= 15 is 0 Å². The molecule has 0 unspecified atom stereocenters. The molecule has 96 valence electrons. The first-order valence-corrected chi connectivity index (χ1v) is 6.13. The minimum absolute atomic E-state index is 0.520. The number of fused-ring (bicyclic) bond motifs is 1. The van der Waals surface area contributed by atoms with Crippen LogP contribution in [0.5, 0.6) is 0 Å². The summed E-state index contributed by atoms with van der Waals surface area (Å²) in [6.07, 6.45) is 3.50. The van der Waals surface area contributed by atoms with Crippen molar-refractivity contribution in [2.75, 3.05) is 0 Å². The molecule has 0 atom stereocenters. The third-order valence-corrected chi connectivity index (χ3v) is 3.19. The summed E-state index contributed by atoms with van der Waals surface area (Å²) in [5.41, 5.74) is 10.4. The van der Waals surface area contributed by atoms with Crippen molar-refractivity contribution >= 4 is 11.0 Å². The van der Waals surface area contributed by atoms with Crippen LogP contribution in [0.3, 0.4) is 0 Å². The topological polar surface area (TPSA) is 69.6 Å². The number of hydrogen-bond acceptors (Lipinski definition) is 4. The standard InChI is InChI=1S/C14H15N5/c1-9-7-17-12(8-16-9)14-18-11-5-10(6-15)3-4-13(11)19(14)2/h3-5,7-8H,6,15H2,1-2H3. The molecule has 0 aliphatic heterocycles. The molecule has 5 heteroatoms. The van der Waals surface area contributed by atoms with Crippen LogP contribution in [-0.4, -0.2) is 19.5 Å². The van der Waals surface area contributed by atoms with Crippen LogP contribution in [0.1, 0.15) is 11.3 Å². The van der Waals surface area contributed by atoms with Crippen LogP contribution < -0.4 is 5.73 Å². The maximum Gasteiger partial charge on any atom is 0.161 e. The van der Waals surface area contributed by atoms with Crippen LogP contribution in [-0.2, 0) is 13.6 Å². The third-order valence-electron chi connectivity index (χ3n) is 3.19. The van der Waals surface area contributed by atoms with E-state index in [1.807, 2.05) is 36.7 Å². The number of aromatic nitrogens is 4. The maximum atomic E-state index is 5.66.